The molecule has 0 bridgehead atoms. The van der Waals surface area contributed by atoms with Gasteiger partial charge in [0.05, 0.1) is 5.69 Å². The number of nitrogens with zero attached hydrogens (tertiary/aromatic N) is 2. The number of benzene rings is 1. The van der Waals surface area contributed by atoms with Gasteiger partial charge in [-0.2, -0.15) is 5.10 Å². The van der Waals surface area contributed by atoms with Crippen LogP contribution in [0.3, 0.4) is 0 Å². The first kappa shape index (κ1) is 15.7. The number of carbonyl (C=O) groups excluding carboxylic acids is 1. The number of hydrogen-bond acceptors (Lipinski definition) is 3. The summed E-state index contributed by atoms with van der Waals surface area (Å²) in [7, 11) is 0. The molecule has 1 heterocycles. The number of carbonyl (C=O) groups is 1. The van der Waals surface area contributed by atoms with Gasteiger partial charge in [0.1, 0.15) is 5.69 Å². The highest BCUT2D eigenvalue weighted by Gasteiger charge is 2.11. The van der Waals surface area contributed by atoms with Gasteiger partial charge in [0, 0.05) is 16.7 Å². The summed E-state index contributed by atoms with van der Waals surface area (Å²) in [5.41, 5.74) is 7.54. The Morgan fingerprint density at radius 3 is 2.81 bits per heavy atom. The van der Waals surface area contributed by atoms with Gasteiger partial charge in [-0.3, -0.25) is 4.79 Å². The van der Waals surface area contributed by atoms with Crippen LogP contribution in [0.1, 0.15) is 42.4 Å². The molecule has 3 N–H and O–H groups in total. The van der Waals surface area contributed by atoms with E-state index in [4.69, 9.17) is 5.73 Å². The Hall–Kier alpha value is -1.66. The second-order valence-corrected chi connectivity index (χ2v) is 5.75. The molecule has 0 radical (unpaired) electrons. The molecule has 0 aliphatic heterocycles. The molecule has 1 atom stereocenters. The number of rotatable bonds is 6. The van der Waals surface area contributed by atoms with Crippen molar-refractivity contribution in [3.63, 3.8) is 0 Å². The Morgan fingerprint density at radius 1 is 1.48 bits per heavy atom. The van der Waals surface area contributed by atoms with E-state index in [1.807, 2.05) is 12.1 Å². The van der Waals surface area contributed by atoms with E-state index in [9.17, 15) is 4.79 Å². The molecule has 6 heteroatoms. The lowest BCUT2D eigenvalue weighted by Crippen LogP contribution is -2.19. The molecule has 1 unspecified atom stereocenters. The third-order valence-corrected chi connectivity index (χ3v) is 3.94. The number of aromatic nitrogens is 2. The lowest BCUT2D eigenvalue weighted by atomic mass is 10.1. The van der Waals surface area contributed by atoms with Crippen LogP contribution in [0.25, 0.3) is 5.69 Å². The van der Waals surface area contributed by atoms with Gasteiger partial charge in [-0.15, -0.1) is 0 Å². The van der Waals surface area contributed by atoms with Crippen LogP contribution in [0.2, 0.25) is 0 Å². The van der Waals surface area contributed by atoms with E-state index in [-0.39, 0.29) is 11.7 Å². The molecule has 0 saturated heterocycles. The van der Waals surface area contributed by atoms with Crippen molar-refractivity contribution in [3.8, 4) is 5.69 Å². The van der Waals surface area contributed by atoms with Crippen molar-refractivity contribution in [2.24, 2.45) is 5.73 Å². The Morgan fingerprint density at radius 2 is 2.24 bits per heavy atom. The quantitative estimate of drug-likeness (QED) is 0.841. The lowest BCUT2D eigenvalue weighted by Gasteiger charge is -2.16. The highest BCUT2D eigenvalue weighted by molar-refractivity contribution is 9.10. The molecule has 0 spiro atoms. The molecule has 2 rings (SSSR count). The van der Waals surface area contributed by atoms with Crippen LogP contribution in [0.4, 0.5) is 0 Å². The molecule has 5 nitrogen and oxygen atoms in total. The van der Waals surface area contributed by atoms with Crippen LogP contribution >= 0.6 is 15.9 Å². The van der Waals surface area contributed by atoms with Crippen molar-refractivity contribution in [1.82, 2.24) is 15.1 Å². The fourth-order valence-corrected chi connectivity index (χ4v) is 2.79. The normalized spacial score (nSPS) is 12.3. The van der Waals surface area contributed by atoms with Crippen molar-refractivity contribution in [3.05, 3.63) is 46.2 Å². The van der Waals surface area contributed by atoms with Gasteiger partial charge in [0.25, 0.3) is 5.91 Å². The summed E-state index contributed by atoms with van der Waals surface area (Å²) in [6.07, 6.45) is 2.82. The smallest absolute Gasteiger partial charge is 0.269 e. The molecular formula is C15H19BrN4O. The summed E-state index contributed by atoms with van der Waals surface area (Å²) >= 11 is 3.60. The Kier molecular flexibility index (Phi) is 5.14. The zero-order valence-electron chi connectivity index (χ0n) is 12.1. The number of primary amides is 1. The zero-order valence-corrected chi connectivity index (χ0v) is 13.7. The summed E-state index contributed by atoms with van der Waals surface area (Å²) in [6.45, 7) is 5.26. The van der Waals surface area contributed by atoms with Gasteiger partial charge >= 0.3 is 0 Å². The SMILES string of the molecule is CCCNC(C)c1ccc(-n2ccc(C(N)=O)n2)cc1Br. The van der Waals surface area contributed by atoms with Crippen LogP contribution < -0.4 is 11.1 Å². The Balaban J connectivity index is 2.23. The first-order valence-corrected chi connectivity index (χ1v) is 7.71. The van der Waals surface area contributed by atoms with Crippen molar-refractivity contribution >= 4 is 21.8 Å². The summed E-state index contributed by atoms with van der Waals surface area (Å²) in [5.74, 6) is -0.526. The molecule has 112 valence electrons. The van der Waals surface area contributed by atoms with Crippen molar-refractivity contribution in [1.29, 1.82) is 0 Å². The highest BCUT2D eigenvalue weighted by atomic mass is 79.9. The number of nitrogens with two attached hydrogens (primary N) is 1. The average Bonchev–Trinajstić information content (AvgIpc) is 2.94. The van der Waals surface area contributed by atoms with E-state index in [1.54, 1.807) is 16.9 Å². The molecule has 2 aromatic rings. The van der Waals surface area contributed by atoms with E-state index >= 15 is 0 Å². The predicted molar refractivity (Wildman–Crippen MR) is 86.5 cm³/mol. The predicted octanol–water partition coefficient (Wildman–Crippen LogP) is 2.79. The second-order valence-electron chi connectivity index (χ2n) is 4.89. The Labute approximate surface area is 132 Å². The van der Waals surface area contributed by atoms with Crippen LogP contribution in [0, 0.1) is 0 Å². The monoisotopic (exact) mass is 350 g/mol. The van der Waals surface area contributed by atoms with Crippen LogP contribution in [0.15, 0.2) is 34.9 Å². The summed E-state index contributed by atoms with van der Waals surface area (Å²) in [6, 6.07) is 7.89. The van der Waals surface area contributed by atoms with E-state index in [2.05, 4.69) is 46.3 Å². The molecule has 1 aromatic carbocycles. The van der Waals surface area contributed by atoms with Crippen LogP contribution in [-0.2, 0) is 0 Å². The molecular weight excluding hydrogens is 332 g/mol. The first-order valence-electron chi connectivity index (χ1n) is 6.91. The van der Waals surface area contributed by atoms with E-state index in [0.29, 0.717) is 0 Å². The summed E-state index contributed by atoms with van der Waals surface area (Å²) < 4.78 is 2.64. The fourth-order valence-electron chi connectivity index (χ4n) is 2.08. The molecule has 0 saturated carbocycles. The minimum Gasteiger partial charge on any atom is -0.364 e. The number of amides is 1. The van der Waals surface area contributed by atoms with Gasteiger partial charge in [0.15, 0.2) is 0 Å². The largest absolute Gasteiger partial charge is 0.364 e. The zero-order chi connectivity index (χ0) is 15.4. The number of nitrogens with one attached hydrogen (secondary N) is 1. The lowest BCUT2D eigenvalue weighted by molar-refractivity contribution is 0.0995. The van der Waals surface area contributed by atoms with Gasteiger partial charge in [0.2, 0.25) is 0 Å². The van der Waals surface area contributed by atoms with Crippen LogP contribution in [-0.4, -0.2) is 22.2 Å². The fraction of sp³-hybridized carbons (Fsp3) is 0.333. The van der Waals surface area contributed by atoms with E-state index < -0.39 is 5.91 Å². The van der Waals surface area contributed by atoms with Crippen LogP contribution in [0.5, 0.6) is 0 Å². The topological polar surface area (TPSA) is 72.9 Å². The third-order valence-electron chi connectivity index (χ3n) is 3.26. The minimum absolute atomic E-state index is 0.258. The highest BCUT2D eigenvalue weighted by Crippen LogP contribution is 2.26. The molecule has 0 fully saturated rings. The van der Waals surface area contributed by atoms with Crippen molar-refractivity contribution in [2.45, 2.75) is 26.3 Å². The van der Waals surface area contributed by atoms with Crippen molar-refractivity contribution in [2.75, 3.05) is 6.54 Å². The standard InChI is InChI=1S/C15H19BrN4O/c1-3-7-18-10(2)12-5-4-11(9-13(12)16)20-8-6-14(19-20)15(17)21/h4-6,8-10,18H,3,7H2,1-2H3,(H2,17,21). The Bertz CT molecular complexity index is 638. The summed E-state index contributed by atoms with van der Waals surface area (Å²) in [5, 5.41) is 7.60. The minimum atomic E-state index is -0.526. The maximum Gasteiger partial charge on any atom is 0.269 e. The summed E-state index contributed by atoms with van der Waals surface area (Å²) in [4.78, 5) is 11.1. The van der Waals surface area contributed by atoms with Gasteiger partial charge in [-0.25, -0.2) is 4.68 Å². The third kappa shape index (κ3) is 3.71. The maximum atomic E-state index is 11.1. The molecule has 0 aliphatic rings. The maximum absolute atomic E-state index is 11.1. The molecule has 1 aromatic heterocycles. The first-order chi connectivity index (χ1) is 10.0. The number of hydrogen-bond donors (Lipinski definition) is 2. The number of halogens is 1. The van der Waals surface area contributed by atoms with Gasteiger partial charge in [-0.1, -0.05) is 28.9 Å². The van der Waals surface area contributed by atoms with Gasteiger partial charge < -0.3 is 11.1 Å². The second kappa shape index (κ2) is 6.87. The molecule has 21 heavy (non-hydrogen) atoms. The van der Waals surface area contributed by atoms with Crippen molar-refractivity contribution < 1.29 is 4.79 Å². The molecule has 1 amide bonds. The van der Waals surface area contributed by atoms with E-state index in [0.717, 1.165) is 23.1 Å². The average molecular weight is 351 g/mol. The van der Waals surface area contributed by atoms with Gasteiger partial charge in [-0.05, 0) is 43.7 Å². The van der Waals surface area contributed by atoms with E-state index in [1.165, 1.54) is 5.56 Å². The molecule has 0 aliphatic carbocycles.